The number of imidazole rings is 1. The first-order chi connectivity index (χ1) is 13.0. The summed E-state index contributed by atoms with van der Waals surface area (Å²) in [5.41, 5.74) is 3.62. The van der Waals surface area contributed by atoms with Crippen LogP contribution in [0.25, 0.3) is 5.69 Å². The van der Waals surface area contributed by atoms with E-state index in [0.717, 1.165) is 11.1 Å². The van der Waals surface area contributed by atoms with Gasteiger partial charge in [-0.2, -0.15) is 0 Å². The minimum Gasteiger partial charge on any atom is -0.358 e. The van der Waals surface area contributed by atoms with Crippen molar-refractivity contribution >= 4 is 5.91 Å². The van der Waals surface area contributed by atoms with E-state index in [9.17, 15) is 9.59 Å². The van der Waals surface area contributed by atoms with Gasteiger partial charge in [-0.3, -0.25) is 14.2 Å². The Kier molecular flexibility index (Phi) is 5.23. The van der Waals surface area contributed by atoms with E-state index < -0.39 is 0 Å². The maximum absolute atomic E-state index is 12.3. The monoisotopic (exact) mass is 360 g/mol. The topological polar surface area (TPSA) is 68.9 Å². The number of rotatable bonds is 3. The zero-order valence-electron chi connectivity index (χ0n) is 15.5. The van der Waals surface area contributed by atoms with Crippen molar-refractivity contribution in [3.8, 4) is 17.5 Å². The molecule has 0 bridgehead atoms. The van der Waals surface area contributed by atoms with E-state index in [1.807, 2.05) is 26.0 Å². The van der Waals surface area contributed by atoms with Crippen LogP contribution >= 0.6 is 0 Å². The Hall–Kier alpha value is -3.59. The molecule has 0 fully saturated rings. The van der Waals surface area contributed by atoms with Gasteiger partial charge >= 0.3 is 0 Å². The number of likely N-dealkylation sites (N-methyl/N-ethyl adjacent to an activating group) is 1. The van der Waals surface area contributed by atoms with E-state index in [4.69, 9.17) is 0 Å². The van der Waals surface area contributed by atoms with E-state index in [1.54, 1.807) is 29.2 Å². The first kappa shape index (κ1) is 18.2. The van der Waals surface area contributed by atoms with Crippen molar-refractivity contribution in [3.63, 3.8) is 0 Å². The van der Waals surface area contributed by atoms with Gasteiger partial charge < -0.3 is 9.88 Å². The van der Waals surface area contributed by atoms with Crippen LogP contribution in [0.2, 0.25) is 0 Å². The van der Waals surface area contributed by atoms with Gasteiger partial charge in [0.25, 0.3) is 5.56 Å². The standard InChI is InChI=1S/C21H20N4O2/c1-15-4-5-17(16(2)12-15)6-7-19-23-9-11-25(19)18-8-10-24(21(27)13-18)14-20(26)22-3/h4-5,8-13H,14H2,1-3H3,(H,22,26). The summed E-state index contributed by atoms with van der Waals surface area (Å²) in [6.45, 7) is 4.05. The second-order valence-electron chi connectivity index (χ2n) is 6.21. The molecule has 1 amide bonds. The summed E-state index contributed by atoms with van der Waals surface area (Å²) >= 11 is 0. The van der Waals surface area contributed by atoms with E-state index in [0.29, 0.717) is 11.5 Å². The molecule has 3 rings (SSSR count). The lowest BCUT2D eigenvalue weighted by molar-refractivity contribution is -0.121. The SMILES string of the molecule is CNC(=O)Cn1ccc(-n2ccnc2C#Cc2ccc(C)cc2C)cc1=O. The third-order valence-electron chi connectivity index (χ3n) is 4.18. The van der Waals surface area contributed by atoms with Crippen LogP contribution in [0.4, 0.5) is 0 Å². The molecule has 0 aliphatic rings. The Morgan fingerprint density at radius 1 is 1.15 bits per heavy atom. The van der Waals surface area contributed by atoms with E-state index in [2.05, 4.69) is 28.2 Å². The molecule has 0 aliphatic carbocycles. The minimum atomic E-state index is -0.266. The van der Waals surface area contributed by atoms with Crippen molar-refractivity contribution in [2.45, 2.75) is 20.4 Å². The van der Waals surface area contributed by atoms with Crippen molar-refractivity contribution in [2.75, 3.05) is 7.05 Å². The highest BCUT2D eigenvalue weighted by Gasteiger charge is 2.07. The minimum absolute atomic E-state index is 0.0150. The number of amides is 1. The molecule has 2 heterocycles. The van der Waals surface area contributed by atoms with Crippen molar-refractivity contribution < 1.29 is 4.79 Å². The van der Waals surface area contributed by atoms with E-state index in [-0.39, 0.29) is 18.0 Å². The van der Waals surface area contributed by atoms with Crippen LogP contribution in [0, 0.1) is 25.7 Å². The van der Waals surface area contributed by atoms with Gasteiger partial charge in [0, 0.05) is 37.3 Å². The quantitative estimate of drug-likeness (QED) is 0.724. The van der Waals surface area contributed by atoms with Crippen LogP contribution in [0.15, 0.2) is 53.7 Å². The maximum Gasteiger partial charge on any atom is 0.253 e. The number of hydrogen-bond donors (Lipinski definition) is 1. The Balaban J connectivity index is 1.92. The molecule has 0 saturated heterocycles. The number of hydrogen-bond acceptors (Lipinski definition) is 3. The molecule has 0 aliphatic heterocycles. The molecule has 0 spiro atoms. The van der Waals surface area contributed by atoms with Gasteiger partial charge in [-0.25, -0.2) is 4.98 Å². The second kappa shape index (κ2) is 7.75. The molecular weight excluding hydrogens is 340 g/mol. The number of nitrogens with zero attached hydrogens (tertiary/aromatic N) is 3. The van der Waals surface area contributed by atoms with E-state index >= 15 is 0 Å². The molecule has 6 heteroatoms. The number of nitrogens with one attached hydrogen (secondary N) is 1. The molecule has 0 saturated carbocycles. The molecule has 3 aromatic rings. The number of benzene rings is 1. The number of aromatic nitrogens is 3. The summed E-state index contributed by atoms with van der Waals surface area (Å²) in [7, 11) is 1.54. The van der Waals surface area contributed by atoms with Crippen LogP contribution in [-0.2, 0) is 11.3 Å². The fraction of sp³-hybridized carbons (Fsp3) is 0.190. The maximum atomic E-state index is 12.3. The Bertz CT molecular complexity index is 1110. The Morgan fingerprint density at radius 3 is 2.67 bits per heavy atom. The summed E-state index contributed by atoms with van der Waals surface area (Å²) in [5.74, 6) is 6.53. The summed E-state index contributed by atoms with van der Waals surface area (Å²) in [6, 6.07) is 9.32. The predicted octanol–water partition coefficient (Wildman–Crippen LogP) is 1.80. The van der Waals surface area contributed by atoms with Crippen LogP contribution in [0.1, 0.15) is 22.5 Å². The Labute approximate surface area is 157 Å². The zero-order chi connectivity index (χ0) is 19.4. The van der Waals surface area contributed by atoms with Gasteiger partial charge in [0.05, 0.1) is 5.69 Å². The highest BCUT2D eigenvalue weighted by Crippen LogP contribution is 2.11. The van der Waals surface area contributed by atoms with Gasteiger partial charge in [0.2, 0.25) is 5.91 Å². The number of carbonyl (C=O) groups excluding carboxylic acids is 1. The molecule has 6 nitrogen and oxygen atoms in total. The number of pyridine rings is 1. The van der Waals surface area contributed by atoms with Crippen molar-refractivity contribution in [1.82, 2.24) is 19.4 Å². The van der Waals surface area contributed by atoms with Crippen LogP contribution in [-0.4, -0.2) is 27.1 Å². The van der Waals surface area contributed by atoms with Crippen molar-refractivity contribution in [2.24, 2.45) is 0 Å². The third-order valence-corrected chi connectivity index (χ3v) is 4.18. The lowest BCUT2D eigenvalue weighted by Crippen LogP contribution is -2.29. The Morgan fingerprint density at radius 2 is 1.96 bits per heavy atom. The molecule has 0 unspecified atom stereocenters. The lowest BCUT2D eigenvalue weighted by Gasteiger charge is -2.07. The molecule has 136 valence electrons. The smallest absolute Gasteiger partial charge is 0.253 e. The fourth-order valence-electron chi connectivity index (χ4n) is 2.69. The molecule has 1 N–H and O–H groups in total. The third kappa shape index (κ3) is 4.15. The van der Waals surface area contributed by atoms with Gasteiger partial charge in [-0.1, -0.05) is 23.6 Å². The molecule has 2 aromatic heterocycles. The van der Waals surface area contributed by atoms with E-state index in [1.165, 1.54) is 23.2 Å². The van der Waals surface area contributed by atoms with Crippen molar-refractivity contribution in [1.29, 1.82) is 0 Å². The molecule has 27 heavy (non-hydrogen) atoms. The summed E-state index contributed by atoms with van der Waals surface area (Å²) < 4.78 is 3.10. The molecular formula is C21H20N4O2. The molecule has 0 atom stereocenters. The van der Waals surface area contributed by atoms with Crippen molar-refractivity contribution in [3.05, 3.63) is 81.8 Å². The van der Waals surface area contributed by atoms with Crippen LogP contribution in [0.5, 0.6) is 0 Å². The first-order valence-electron chi connectivity index (χ1n) is 8.52. The summed E-state index contributed by atoms with van der Waals surface area (Å²) in [4.78, 5) is 28.0. The van der Waals surface area contributed by atoms with Crippen LogP contribution < -0.4 is 10.9 Å². The lowest BCUT2D eigenvalue weighted by atomic mass is 10.1. The average Bonchev–Trinajstić information content (AvgIpc) is 3.11. The van der Waals surface area contributed by atoms with Gasteiger partial charge in [-0.15, -0.1) is 0 Å². The number of aryl methyl sites for hydroxylation is 2. The largest absolute Gasteiger partial charge is 0.358 e. The number of carbonyl (C=O) groups is 1. The zero-order valence-corrected chi connectivity index (χ0v) is 15.5. The summed E-state index contributed by atoms with van der Waals surface area (Å²) in [6.07, 6.45) is 4.99. The fourth-order valence-corrected chi connectivity index (χ4v) is 2.69. The van der Waals surface area contributed by atoms with Gasteiger partial charge in [0.1, 0.15) is 6.54 Å². The van der Waals surface area contributed by atoms with Crippen LogP contribution in [0.3, 0.4) is 0 Å². The normalized spacial score (nSPS) is 10.2. The highest BCUT2D eigenvalue weighted by atomic mass is 16.2. The molecule has 0 radical (unpaired) electrons. The van der Waals surface area contributed by atoms with Gasteiger partial charge in [-0.05, 0) is 37.5 Å². The highest BCUT2D eigenvalue weighted by molar-refractivity contribution is 5.75. The summed E-state index contributed by atoms with van der Waals surface area (Å²) in [5, 5.41) is 2.50. The second-order valence-corrected chi connectivity index (χ2v) is 6.21. The first-order valence-corrected chi connectivity index (χ1v) is 8.52. The predicted molar refractivity (Wildman–Crippen MR) is 104 cm³/mol. The van der Waals surface area contributed by atoms with Gasteiger partial charge in [0.15, 0.2) is 5.82 Å². The average molecular weight is 360 g/mol. The molecule has 1 aromatic carbocycles.